The lowest BCUT2D eigenvalue weighted by atomic mass is 9.95. The fourth-order valence-corrected chi connectivity index (χ4v) is 2.88. The Balaban J connectivity index is 1.85. The van der Waals surface area contributed by atoms with Gasteiger partial charge in [-0.15, -0.1) is 0 Å². The second-order valence-electron chi connectivity index (χ2n) is 6.25. The number of hydrogen-bond donors (Lipinski definition) is 2. The first-order valence-corrected chi connectivity index (χ1v) is 8.42. The molecule has 1 heterocycles. The third-order valence-electron chi connectivity index (χ3n) is 4.27. The average Bonchev–Trinajstić information content (AvgIpc) is 2.66. The highest BCUT2D eigenvalue weighted by Crippen LogP contribution is 2.32. The molecule has 1 aliphatic heterocycles. The smallest absolute Gasteiger partial charge is 0.416 e. The first-order valence-electron chi connectivity index (χ1n) is 8.42. The number of hydrogen-bond acceptors (Lipinski definition) is 3. The normalized spacial score (nSPS) is 17.0. The molecule has 1 aliphatic rings. The van der Waals surface area contributed by atoms with Gasteiger partial charge >= 0.3 is 18.2 Å². The van der Waals surface area contributed by atoms with Crippen LogP contribution in [-0.2, 0) is 22.3 Å². The summed E-state index contributed by atoms with van der Waals surface area (Å²) in [6, 6.07) is 11.8. The molecule has 0 saturated heterocycles. The van der Waals surface area contributed by atoms with Gasteiger partial charge in [-0.1, -0.05) is 42.5 Å². The van der Waals surface area contributed by atoms with Crippen molar-refractivity contribution < 1.29 is 27.5 Å². The minimum atomic E-state index is -4.47. The van der Waals surface area contributed by atoms with E-state index in [1.807, 2.05) is 6.07 Å². The van der Waals surface area contributed by atoms with Gasteiger partial charge in [0.05, 0.1) is 17.2 Å². The summed E-state index contributed by atoms with van der Waals surface area (Å²) >= 11 is 0. The van der Waals surface area contributed by atoms with Crippen molar-refractivity contribution in [1.29, 1.82) is 0 Å². The molecule has 2 amide bonds. The number of carbonyl (C=O) groups excluding carboxylic acids is 2. The number of benzene rings is 2. The lowest BCUT2D eigenvalue weighted by Gasteiger charge is -2.28. The van der Waals surface area contributed by atoms with E-state index in [1.54, 1.807) is 24.3 Å². The number of amides is 2. The molecule has 2 N–H and O–H groups in total. The van der Waals surface area contributed by atoms with Crippen LogP contribution in [0.5, 0.6) is 0 Å². The molecular formula is C20H17F3N2O3. The molecule has 0 saturated carbocycles. The average molecular weight is 390 g/mol. The second kappa shape index (κ2) is 7.75. The van der Waals surface area contributed by atoms with E-state index in [1.165, 1.54) is 19.1 Å². The van der Waals surface area contributed by atoms with Gasteiger partial charge in [0.2, 0.25) is 0 Å². The molecule has 2 aromatic rings. The van der Waals surface area contributed by atoms with Gasteiger partial charge in [-0.2, -0.15) is 13.2 Å². The summed E-state index contributed by atoms with van der Waals surface area (Å²) < 4.78 is 43.7. The van der Waals surface area contributed by atoms with Crippen LogP contribution in [0.3, 0.4) is 0 Å². The fourth-order valence-electron chi connectivity index (χ4n) is 2.88. The van der Waals surface area contributed by atoms with Crippen LogP contribution in [-0.4, -0.2) is 12.0 Å². The summed E-state index contributed by atoms with van der Waals surface area (Å²) in [5, 5.41) is 5.05. The van der Waals surface area contributed by atoms with Crippen molar-refractivity contribution in [3.05, 3.63) is 82.6 Å². The highest BCUT2D eigenvalue weighted by Gasteiger charge is 2.34. The van der Waals surface area contributed by atoms with Crippen molar-refractivity contribution in [2.75, 3.05) is 0 Å². The van der Waals surface area contributed by atoms with Crippen molar-refractivity contribution in [3.63, 3.8) is 0 Å². The molecule has 8 heteroatoms. The lowest BCUT2D eigenvalue weighted by Crippen LogP contribution is -2.45. The molecule has 0 aromatic heterocycles. The quantitative estimate of drug-likeness (QED) is 0.774. The monoisotopic (exact) mass is 390 g/mol. The van der Waals surface area contributed by atoms with Crippen LogP contribution >= 0.6 is 0 Å². The molecule has 3 rings (SSSR count). The Morgan fingerprint density at radius 1 is 1.07 bits per heavy atom. The number of rotatable bonds is 4. The molecule has 28 heavy (non-hydrogen) atoms. The van der Waals surface area contributed by atoms with E-state index in [0.717, 1.165) is 17.7 Å². The predicted molar refractivity (Wildman–Crippen MR) is 94.8 cm³/mol. The zero-order chi connectivity index (χ0) is 20.3. The van der Waals surface area contributed by atoms with E-state index < -0.39 is 29.8 Å². The zero-order valence-corrected chi connectivity index (χ0v) is 14.8. The Morgan fingerprint density at radius 3 is 2.32 bits per heavy atom. The fraction of sp³-hybridized carbons (Fsp3) is 0.200. The van der Waals surface area contributed by atoms with E-state index in [-0.39, 0.29) is 17.9 Å². The van der Waals surface area contributed by atoms with Gasteiger partial charge in [0.15, 0.2) is 0 Å². The number of ether oxygens (including phenoxy) is 1. The minimum absolute atomic E-state index is 0.0319. The van der Waals surface area contributed by atoms with Gasteiger partial charge in [-0.05, 0) is 30.2 Å². The van der Waals surface area contributed by atoms with Crippen LogP contribution in [0.1, 0.15) is 29.7 Å². The molecule has 1 atom stereocenters. The maximum Gasteiger partial charge on any atom is 0.416 e. The van der Waals surface area contributed by atoms with Gasteiger partial charge in [-0.3, -0.25) is 0 Å². The second-order valence-corrected chi connectivity index (χ2v) is 6.25. The molecule has 2 aromatic carbocycles. The summed E-state index contributed by atoms with van der Waals surface area (Å²) in [5.41, 5.74) is 0.731. The summed E-state index contributed by atoms with van der Waals surface area (Å²) in [6.45, 7) is 1.57. The van der Waals surface area contributed by atoms with E-state index in [2.05, 4.69) is 10.6 Å². The summed E-state index contributed by atoms with van der Waals surface area (Å²) in [7, 11) is 0. The number of carbonyl (C=O) groups is 2. The molecule has 0 aliphatic carbocycles. The number of nitrogens with one attached hydrogen (secondary N) is 2. The standard InChI is InChI=1S/C20H17F3N2O3/c1-12-16(18(26)28-11-13-5-3-2-4-6-13)17(25-19(27)24-12)14-7-9-15(10-8-14)20(21,22)23/h2-10,17H,11H2,1H3,(H2,24,25,27)/t17-/m0/s1. The third kappa shape index (κ3) is 4.33. The summed E-state index contributed by atoms with van der Waals surface area (Å²) in [6.07, 6.45) is -4.47. The molecular weight excluding hydrogens is 373 g/mol. The van der Waals surface area contributed by atoms with Gasteiger partial charge in [-0.25, -0.2) is 9.59 Å². The maximum absolute atomic E-state index is 12.8. The lowest BCUT2D eigenvalue weighted by molar-refractivity contribution is -0.141. The third-order valence-corrected chi connectivity index (χ3v) is 4.27. The Labute approximate surface area is 159 Å². The molecule has 0 fully saturated rings. The van der Waals surface area contributed by atoms with Gasteiger partial charge in [0.25, 0.3) is 0 Å². The molecule has 0 bridgehead atoms. The molecule has 0 radical (unpaired) electrons. The first-order chi connectivity index (χ1) is 13.3. The summed E-state index contributed by atoms with van der Waals surface area (Å²) in [4.78, 5) is 24.5. The van der Waals surface area contributed by atoms with Crippen molar-refractivity contribution in [3.8, 4) is 0 Å². The highest BCUT2D eigenvalue weighted by molar-refractivity contribution is 5.95. The van der Waals surface area contributed by atoms with Gasteiger partial charge in [0.1, 0.15) is 6.61 Å². The molecule has 146 valence electrons. The van der Waals surface area contributed by atoms with Crippen molar-refractivity contribution in [2.45, 2.75) is 25.7 Å². The number of alkyl halides is 3. The topological polar surface area (TPSA) is 67.4 Å². The van der Waals surface area contributed by atoms with E-state index >= 15 is 0 Å². The Morgan fingerprint density at radius 2 is 1.71 bits per heavy atom. The zero-order valence-electron chi connectivity index (χ0n) is 14.8. The number of urea groups is 1. The van der Waals surface area contributed by atoms with Crippen LogP contribution in [0.25, 0.3) is 0 Å². The van der Waals surface area contributed by atoms with Crippen LogP contribution in [0.2, 0.25) is 0 Å². The summed E-state index contributed by atoms with van der Waals surface area (Å²) in [5.74, 6) is -0.668. The van der Waals surface area contributed by atoms with Gasteiger partial charge < -0.3 is 15.4 Å². The largest absolute Gasteiger partial charge is 0.457 e. The number of allylic oxidation sites excluding steroid dienone is 1. The van der Waals surface area contributed by atoms with Crippen LogP contribution < -0.4 is 10.6 Å². The van der Waals surface area contributed by atoms with Crippen molar-refractivity contribution >= 4 is 12.0 Å². The van der Waals surface area contributed by atoms with Crippen molar-refractivity contribution in [1.82, 2.24) is 10.6 Å². The van der Waals surface area contributed by atoms with Gasteiger partial charge in [0, 0.05) is 5.70 Å². The Bertz CT molecular complexity index is 907. The minimum Gasteiger partial charge on any atom is -0.457 e. The Kier molecular flexibility index (Phi) is 5.39. The highest BCUT2D eigenvalue weighted by atomic mass is 19.4. The van der Waals surface area contributed by atoms with E-state index in [0.29, 0.717) is 5.56 Å². The number of esters is 1. The SMILES string of the molecule is CC1=C(C(=O)OCc2ccccc2)[C@H](c2ccc(C(F)(F)F)cc2)NC(=O)N1. The predicted octanol–water partition coefficient (Wildman–Crippen LogP) is 4.08. The Hall–Kier alpha value is -3.29. The molecule has 0 spiro atoms. The van der Waals surface area contributed by atoms with Crippen LogP contribution in [0.15, 0.2) is 65.9 Å². The molecule has 0 unspecified atom stereocenters. The van der Waals surface area contributed by atoms with Crippen molar-refractivity contribution in [2.24, 2.45) is 0 Å². The van der Waals surface area contributed by atoms with Crippen LogP contribution in [0.4, 0.5) is 18.0 Å². The molecule has 5 nitrogen and oxygen atoms in total. The van der Waals surface area contributed by atoms with E-state index in [9.17, 15) is 22.8 Å². The number of halogens is 3. The maximum atomic E-state index is 12.8. The first kappa shape index (κ1) is 19.5. The van der Waals surface area contributed by atoms with E-state index in [4.69, 9.17) is 4.74 Å². The van der Waals surface area contributed by atoms with Crippen LogP contribution in [0, 0.1) is 0 Å².